The zero-order valence-electron chi connectivity index (χ0n) is 10.5. The van der Waals surface area contributed by atoms with Gasteiger partial charge in [0.25, 0.3) is 0 Å². The van der Waals surface area contributed by atoms with Crippen molar-refractivity contribution in [3.63, 3.8) is 0 Å². The van der Waals surface area contributed by atoms with E-state index in [1.165, 1.54) is 0 Å². The van der Waals surface area contributed by atoms with Crippen LogP contribution in [0.2, 0.25) is 0 Å². The molecule has 0 aromatic rings. The Morgan fingerprint density at radius 2 is 2.12 bits per heavy atom. The summed E-state index contributed by atoms with van der Waals surface area (Å²) in [6.45, 7) is 4.28. The van der Waals surface area contributed by atoms with Gasteiger partial charge in [0, 0.05) is 19.5 Å². The Labute approximate surface area is 98.1 Å². The molecule has 0 aliphatic carbocycles. The van der Waals surface area contributed by atoms with Crippen molar-refractivity contribution in [3.05, 3.63) is 0 Å². The highest BCUT2D eigenvalue weighted by molar-refractivity contribution is 5.86. The molecule has 1 spiro atoms. The summed E-state index contributed by atoms with van der Waals surface area (Å²) in [5.41, 5.74) is -0.0952. The van der Waals surface area contributed by atoms with Crippen LogP contribution in [0.15, 0.2) is 0 Å². The first kappa shape index (κ1) is 12.1. The fourth-order valence-electron chi connectivity index (χ4n) is 2.77. The standard InChI is InChI=1S/C13H23NO2/c1-3-4-5-12-11(15)10-13(16-12)6-8-14(2)9-7-13/h12H,3-10H2,1-2H3. The van der Waals surface area contributed by atoms with Gasteiger partial charge in [0.1, 0.15) is 6.10 Å². The second-order valence-corrected chi connectivity index (χ2v) is 5.38. The van der Waals surface area contributed by atoms with Crippen LogP contribution in [0.5, 0.6) is 0 Å². The highest BCUT2D eigenvalue weighted by atomic mass is 16.5. The molecule has 2 fully saturated rings. The maximum Gasteiger partial charge on any atom is 0.164 e. The smallest absolute Gasteiger partial charge is 0.164 e. The minimum atomic E-state index is -0.0952. The van der Waals surface area contributed by atoms with Crippen LogP contribution in [-0.4, -0.2) is 42.5 Å². The van der Waals surface area contributed by atoms with Crippen molar-refractivity contribution in [2.24, 2.45) is 0 Å². The first-order chi connectivity index (χ1) is 7.65. The van der Waals surface area contributed by atoms with Crippen LogP contribution >= 0.6 is 0 Å². The van der Waals surface area contributed by atoms with E-state index in [0.717, 1.165) is 45.2 Å². The van der Waals surface area contributed by atoms with Gasteiger partial charge in [0.15, 0.2) is 5.78 Å². The normalized spacial score (nSPS) is 30.1. The van der Waals surface area contributed by atoms with Gasteiger partial charge in [-0.3, -0.25) is 4.79 Å². The monoisotopic (exact) mass is 225 g/mol. The molecule has 2 heterocycles. The summed E-state index contributed by atoms with van der Waals surface area (Å²) in [6.07, 6.45) is 5.79. The molecular weight excluding hydrogens is 202 g/mol. The number of carbonyl (C=O) groups excluding carboxylic acids is 1. The molecule has 0 amide bonds. The van der Waals surface area contributed by atoms with E-state index in [1.807, 2.05) is 0 Å². The lowest BCUT2D eigenvalue weighted by Gasteiger charge is -2.36. The molecule has 0 radical (unpaired) electrons. The minimum absolute atomic E-state index is 0.0941. The van der Waals surface area contributed by atoms with Gasteiger partial charge in [-0.15, -0.1) is 0 Å². The number of ether oxygens (including phenoxy) is 1. The molecule has 1 atom stereocenters. The number of nitrogens with zero attached hydrogens (tertiary/aromatic N) is 1. The van der Waals surface area contributed by atoms with E-state index in [9.17, 15) is 4.79 Å². The predicted octanol–water partition coefficient (Wildman–Crippen LogP) is 2.00. The average molecular weight is 225 g/mol. The average Bonchev–Trinajstić information content (AvgIpc) is 2.58. The van der Waals surface area contributed by atoms with Gasteiger partial charge in [-0.25, -0.2) is 0 Å². The zero-order valence-corrected chi connectivity index (χ0v) is 10.5. The Morgan fingerprint density at radius 1 is 1.44 bits per heavy atom. The highest BCUT2D eigenvalue weighted by Crippen LogP contribution is 2.38. The lowest BCUT2D eigenvalue weighted by molar-refractivity contribution is -0.124. The number of hydrogen-bond acceptors (Lipinski definition) is 3. The second-order valence-electron chi connectivity index (χ2n) is 5.38. The van der Waals surface area contributed by atoms with Gasteiger partial charge in [0.05, 0.1) is 5.60 Å². The number of rotatable bonds is 3. The van der Waals surface area contributed by atoms with Crippen molar-refractivity contribution in [2.75, 3.05) is 20.1 Å². The topological polar surface area (TPSA) is 29.5 Å². The van der Waals surface area contributed by atoms with Gasteiger partial charge in [-0.1, -0.05) is 19.8 Å². The number of unbranched alkanes of at least 4 members (excludes halogenated alkanes) is 1. The number of ketones is 1. The first-order valence-corrected chi connectivity index (χ1v) is 6.54. The van der Waals surface area contributed by atoms with Crippen molar-refractivity contribution in [2.45, 2.75) is 57.2 Å². The Kier molecular flexibility index (Phi) is 3.65. The number of hydrogen-bond donors (Lipinski definition) is 0. The van der Waals surface area contributed by atoms with Crippen molar-refractivity contribution in [1.29, 1.82) is 0 Å². The number of piperidine rings is 1. The fraction of sp³-hybridized carbons (Fsp3) is 0.923. The van der Waals surface area contributed by atoms with Crippen LogP contribution in [0.25, 0.3) is 0 Å². The van der Waals surface area contributed by atoms with Crippen LogP contribution in [0.4, 0.5) is 0 Å². The van der Waals surface area contributed by atoms with Crippen molar-refractivity contribution in [1.82, 2.24) is 4.90 Å². The van der Waals surface area contributed by atoms with Gasteiger partial charge < -0.3 is 9.64 Å². The lowest BCUT2D eigenvalue weighted by atomic mass is 9.88. The van der Waals surface area contributed by atoms with Gasteiger partial charge >= 0.3 is 0 Å². The Balaban J connectivity index is 1.92. The molecule has 0 N–H and O–H groups in total. The van der Waals surface area contributed by atoms with Crippen molar-refractivity contribution in [3.8, 4) is 0 Å². The minimum Gasteiger partial charge on any atom is -0.363 e. The molecular formula is C13H23NO2. The lowest BCUT2D eigenvalue weighted by Crippen LogP contribution is -2.42. The summed E-state index contributed by atoms with van der Waals surface area (Å²) in [5.74, 6) is 0.345. The molecule has 3 heteroatoms. The molecule has 2 saturated heterocycles. The maximum atomic E-state index is 11.9. The van der Waals surface area contributed by atoms with Crippen LogP contribution in [0.1, 0.15) is 45.4 Å². The Bertz CT molecular complexity index is 257. The molecule has 0 bridgehead atoms. The molecule has 2 aliphatic heterocycles. The van der Waals surface area contributed by atoms with Crippen LogP contribution in [-0.2, 0) is 9.53 Å². The summed E-state index contributed by atoms with van der Waals surface area (Å²) in [7, 11) is 2.14. The van der Waals surface area contributed by atoms with Gasteiger partial charge in [-0.05, 0) is 26.3 Å². The molecule has 16 heavy (non-hydrogen) atoms. The number of Topliss-reactive ketones (excluding diaryl/α,β-unsaturated/α-hetero) is 1. The summed E-state index contributed by atoms with van der Waals surface area (Å²) >= 11 is 0. The molecule has 1 unspecified atom stereocenters. The molecule has 0 aromatic heterocycles. The van der Waals surface area contributed by atoms with Crippen molar-refractivity contribution >= 4 is 5.78 Å². The second kappa shape index (κ2) is 4.84. The summed E-state index contributed by atoms with van der Waals surface area (Å²) in [4.78, 5) is 14.2. The molecule has 2 rings (SSSR count). The zero-order chi connectivity index (χ0) is 11.6. The summed E-state index contributed by atoms with van der Waals surface area (Å²) < 4.78 is 6.08. The summed E-state index contributed by atoms with van der Waals surface area (Å²) in [5, 5.41) is 0. The van der Waals surface area contributed by atoms with Gasteiger partial charge in [-0.2, -0.15) is 0 Å². The summed E-state index contributed by atoms with van der Waals surface area (Å²) in [6, 6.07) is 0. The molecule has 3 nitrogen and oxygen atoms in total. The van der Waals surface area contributed by atoms with Crippen molar-refractivity contribution < 1.29 is 9.53 Å². The number of likely N-dealkylation sites (tertiary alicyclic amines) is 1. The third-order valence-electron chi connectivity index (χ3n) is 3.97. The third kappa shape index (κ3) is 2.46. The van der Waals surface area contributed by atoms with Crippen LogP contribution in [0.3, 0.4) is 0 Å². The van der Waals surface area contributed by atoms with E-state index < -0.39 is 0 Å². The van der Waals surface area contributed by atoms with Crippen LogP contribution in [0, 0.1) is 0 Å². The molecule has 0 saturated carbocycles. The predicted molar refractivity (Wildman–Crippen MR) is 63.5 cm³/mol. The van der Waals surface area contributed by atoms with E-state index >= 15 is 0 Å². The van der Waals surface area contributed by atoms with E-state index in [2.05, 4.69) is 18.9 Å². The highest BCUT2D eigenvalue weighted by Gasteiger charge is 2.46. The van der Waals surface area contributed by atoms with E-state index in [1.54, 1.807) is 0 Å². The van der Waals surface area contributed by atoms with Crippen LogP contribution < -0.4 is 0 Å². The first-order valence-electron chi connectivity index (χ1n) is 6.54. The van der Waals surface area contributed by atoms with Gasteiger partial charge in [0.2, 0.25) is 0 Å². The molecule has 92 valence electrons. The number of carbonyl (C=O) groups is 1. The van der Waals surface area contributed by atoms with E-state index in [4.69, 9.17) is 4.74 Å². The third-order valence-corrected chi connectivity index (χ3v) is 3.97. The van der Waals surface area contributed by atoms with E-state index in [-0.39, 0.29) is 11.7 Å². The largest absolute Gasteiger partial charge is 0.363 e. The Hall–Kier alpha value is -0.410. The SMILES string of the molecule is CCCCC1OC2(CCN(C)CC2)CC1=O. The van der Waals surface area contributed by atoms with E-state index in [0.29, 0.717) is 12.2 Å². The Morgan fingerprint density at radius 3 is 2.75 bits per heavy atom. The maximum absolute atomic E-state index is 11.9. The molecule has 2 aliphatic rings. The molecule has 0 aromatic carbocycles. The fourth-order valence-corrected chi connectivity index (χ4v) is 2.77. The quantitative estimate of drug-likeness (QED) is 0.735.